The van der Waals surface area contributed by atoms with Crippen LogP contribution >= 0.6 is 15.9 Å². The Hall–Kier alpha value is -1.88. The van der Waals surface area contributed by atoms with Gasteiger partial charge in [0, 0.05) is 29.3 Å². The van der Waals surface area contributed by atoms with Crippen LogP contribution in [-0.4, -0.2) is 10.5 Å². The van der Waals surface area contributed by atoms with E-state index >= 15 is 0 Å². The standard InChI is InChI=1S/C13H11BrN2O2/c1-9(17)15-11-3-2-4-12(7-11)16-8-10(14)5-6-13(16)18/h2-8H,1H3,(H,15,17). The number of aromatic nitrogens is 1. The molecular formula is C13H11BrN2O2. The third kappa shape index (κ3) is 2.87. The van der Waals surface area contributed by atoms with Gasteiger partial charge >= 0.3 is 0 Å². The zero-order valence-corrected chi connectivity index (χ0v) is 11.3. The fourth-order valence-electron chi connectivity index (χ4n) is 1.60. The number of pyridine rings is 1. The molecule has 0 unspecified atom stereocenters. The van der Waals surface area contributed by atoms with Crippen molar-refractivity contribution in [3.8, 4) is 5.69 Å². The lowest BCUT2D eigenvalue weighted by molar-refractivity contribution is -0.114. The molecular weight excluding hydrogens is 296 g/mol. The number of benzene rings is 1. The molecule has 0 aliphatic heterocycles. The summed E-state index contributed by atoms with van der Waals surface area (Å²) in [5.41, 5.74) is 1.23. The van der Waals surface area contributed by atoms with Gasteiger partial charge in [0.1, 0.15) is 0 Å². The van der Waals surface area contributed by atoms with E-state index in [1.807, 2.05) is 0 Å². The van der Waals surface area contributed by atoms with Crippen molar-refractivity contribution in [1.82, 2.24) is 4.57 Å². The number of halogens is 1. The van der Waals surface area contributed by atoms with Crippen LogP contribution in [0.3, 0.4) is 0 Å². The summed E-state index contributed by atoms with van der Waals surface area (Å²) in [4.78, 5) is 22.8. The van der Waals surface area contributed by atoms with Gasteiger partial charge in [-0.05, 0) is 40.2 Å². The summed E-state index contributed by atoms with van der Waals surface area (Å²) in [5.74, 6) is -0.145. The Bertz CT molecular complexity index is 649. The summed E-state index contributed by atoms with van der Waals surface area (Å²) in [5, 5.41) is 2.68. The number of nitrogens with one attached hydrogen (secondary N) is 1. The lowest BCUT2D eigenvalue weighted by atomic mass is 10.2. The molecule has 1 heterocycles. The van der Waals surface area contributed by atoms with E-state index in [4.69, 9.17) is 0 Å². The first-order valence-electron chi connectivity index (χ1n) is 5.32. The molecule has 0 spiro atoms. The number of hydrogen-bond donors (Lipinski definition) is 1. The predicted molar refractivity (Wildman–Crippen MR) is 74.0 cm³/mol. The largest absolute Gasteiger partial charge is 0.326 e. The molecule has 2 rings (SSSR count). The van der Waals surface area contributed by atoms with Crippen molar-refractivity contribution < 1.29 is 4.79 Å². The molecule has 0 fully saturated rings. The second kappa shape index (κ2) is 5.18. The van der Waals surface area contributed by atoms with Crippen LogP contribution in [0.1, 0.15) is 6.92 Å². The zero-order chi connectivity index (χ0) is 13.1. The van der Waals surface area contributed by atoms with Crippen molar-refractivity contribution in [2.45, 2.75) is 6.92 Å². The van der Waals surface area contributed by atoms with Crippen LogP contribution in [-0.2, 0) is 4.79 Å². The van der Waals surface area contributed by atoms with Crippen molar-refractivity contribution in [3.63, 3.8) is 0 Å². The van der Waals surface area contributed by atoms with Gasteiger partial charge in [-0.3, -0.25) is 14.2 Å². The number of carbonyl (C=O) groups excluding carboxylic acids is 1. The van der Waals surface area contributed by atoms with Crippen molar-refractivity contribution in [3.05, 3.63) is 57.4 Å². The molecule has 92 valence electrons. The molecule has 18 heavy (non-hydrogen) atoms. The van der Waals surface area contributed by atoms with Gasteiger partial charge in [-0.25, -0.2) is 0 Å². The van der Waals surface area contributed by atoms with E-state index in [9.17, 15) is 9.59 Å². The highest BCUT2D eigenvalue weighted by molar-refractivity contribution is 9.10. The highest BCUT2D eigenvalue weighted by Gasteiger charge is 2.02. The molecule has 1 N–H and O–H groups in total. The molecule has 1 aromatic heterocycles. The number of rotatable bonds is 2. The van der Waals surface area contributed by atoms with Crippen molar-refractivity contribution in [2.75, 3.05) is 5.32 Å². The van der Waals surface area contributed by atoms with E-state index in [2.05, 4.69) is 21.2 Å². The van der Waals surface area contributed by atoms with Crippen LogP contribution in [0.4, 0.5) is 5.69 Å². The van der Waals surface area contributed by atoms with Crippen LogP contribution in [0.5, 0.6) is 0 Å². The predicted octanol–water partition coefficient (Wildman–Crippen LogP) is 2.56. The number of amides is 1. The maximum Gasteiger partial charge on any atom is 0.255 e. The Morgan fingerprint density at radius 1 is 1.28 bits per heavy atom. The Morgan fingerprint density at radius 2 is 2.06 bits per heavy atom. The van der Waals surface area contributed by atoms with Gasteiger partial charge in [0.25, 0.3) is 5.56 Å². The fourth-order valence-corrected chi connectivity index (χ4v) is 1.94. The topological polar surface area (TPSA) is 51.1 Å². The number of carbonyl (C=O) groups is 1. The average molecular weight is 307 g/mol. The summed E-state index contributed by atoms with van der Waals surface area (Å²) in [6.07, 6.45) is 1.69. The highest BCUT2D eigenvalue weighted by atomic mass is 79.9. The lowest BCUT2D eigenvalue weighted by Gasteiger charge is -2.08. The molecule has 0 atom stereocenters. The fraction of sp³-hybridized carbons (Fsp3) is 0.0769. The van der Waals surface area contributed by atoms with Crippen molar-refractivity contribution in [1.29, 1.82) is 0 Å². The minimum absolute atomic E-state index is 0.127. The van der Waals surface area contributed by atoms with Gasteiger partial charge in [0.2, 0.25) is 5.91 Å². The van der Waals surface area contributed by atoms with E-state index in [0.717, 1.165) is 4.47 Å². The van der Waals surface area contributed by atoms with E-state index in [1.54, 1.807) is 36.5 Å². The maximum absolute atomic E-state index is 11.8. The van der Waals surface area contributed by atoms with Gasteiger partial charge in [-0.2, -0.15) is 0 Å². The second-order valence-corrected chi connectivity index (χ2v) is 4.70. The minimum Gasteiger partial charge on any atom is -0.326 e. The minimum atomic E-state index is -0.145. The van der Waals surface area contributed by atoms with Crippen LogP contribution in [0.2, 0.25) is 0 Å². The highest BCUT2D eigenvalue weighted by Crippen LogP contribution is 2.15. The SMILES string of the molecule is CC(=O)Nc1cccc(-n2cc(Br)ccc2=O)c1. The maximum atomic E-state index is 11.8. The Morgan fingerprint density at radius 3 is 2.78 bits per heavy atom. The van der Waals surface area contributed by atoms with Gasteiger partial charge in [-0.15, -0.1) is 0 Å². The molecule has 0 bridgehead atoms. The first-order chi connectivity index (χ1) is 8.56. The molecule has 0 aliphatic carbocycles. The number of anilines is 1. The van der Waals surface area contributed by atoms with E-state index in [1.165, 1.54) is 17.6 Å². The van der Waals surface area contributed by atoms with Crippen LogP contribution in [0, 0.1) is 0 Å². The first-order valence-corrected chi connectivity index (χ1v) is 6.12. The van der Waals surface area contributed by atoms with Crippen LogP contribution < -0.4 is 10.9 Å². The molecule has 0 radical (unpaired) electrons. The number of nitrogens with zero attached hydrogens (tertiary/aromatic N) is 1. The van der Waals surface area contributed by atoms with Crippen LogP contribution in [0.15, 0.2) is 51.9 Å². The molecule has 0 aliphatic rings. The van der Waals surface area contributed by atoms with Crippen molar-refractivity contribution in [2.24, 2.45) is 0 Å². The number of hydrogen-bond acceptors (Lipinski definition) is 2. The molecule has 1 amide bonds. The van der Waals surface area contributed by atoms with Gasteiger partial charge < -0.3 is 5.32 Å². The van der Waals surface area contributed by atoms with Gasteiger partial charge in [0.15, 0.2) is 0 Å². The van der Waals surface area contributed by atoms with E-state index < -0.39 is 0 Å². The Balaban J connectivity index is 2.47. The molecule has 1 aromatic carbocycles. The second-order valence-electron chi connectivity index (χ2n) is 3.79. The molecule has 5 heteroatoms. The Kier molecular flexibility index (Phi) is 3.62. The monoisotopic (exact) mass is 306 g/mol. The van der Waals surface area contributed by atoms with Crippen molar-refractivity contribution >= 4 is 27.5 Å². The zero-order valence-electron chi connectivity index (χ0n) is 9.68. The molecule has 0 saturated heterocycles. The normalized spacial score (nSPS) is 10.1. The van der Waals surface area contributed by atoms with Crippen LogP contribution in [0.25, 0.3) is 5.69 Å². The molecule has 2 aromatic rings. The summed E-state index contributed by atoms with van der Waals surface area (Å²) in [6.45, 7) is 1.44. The first kappa shape index (κ1) is 12.6. The quantitative estimate of drug-likeness (QED) is 0.927. The molecule has 0 saturated carbocycles. The lowest BCUT2D eigenvalue weighted by Crippen LogP contribution is -2.16. The summed E-state index contributed by atoms with van der Waals surface area (Å²) < 4.78 is 2.32. The van der Waals surface area contributed by atoms with Gasteiger partial charge in [0.05, 0.1) is 5.69 Å². The summed E-state index contributed by atoms with van der Waals surface area (Å²) in [7, 11) is 0. The third-order valence-corrected chi connectivity index (χ3v) is 2.79. The van der Waals surface area contributed by atoms with E-state index in [-0.39, 0.29) is 11.5 Å². The average Bonchev–Trinajstić information content (AvgIpc) is 2.32. The van der Waals surface area contributed by atoms with Gasteiger partial charge in [-0.1, -0.05) is 6.07 Å². The summed E-state index contributed by atoms with van der Waals surface area (Å²) >= 11 is 3.32. The smallest absolute Gasteiger partial charge is 0.255 e. The molecule has 4 nitrogen and oxygen atoms in total. The summed E-state index contributed by atoms with van der Waals surface area (Å²) in [6, 6.07) is 10.3. The van der Waals surface area contributed by atoms with E-state index in [0.29, 0.717) is 11.4 Å². The third-order valence-electron chi connectivity index (χ3n) is 2.32. The Labute approximate surface area is 112 Å².